The quantitative estimate of drug-likeness (QED) is 0.684. The molecule has 0 bridgehead atoms. The Kier molecular flexibility index (Phi) is 4.72. The number of hydrogen-bond acceptors (Lipinski definition) is 6. The average Bonchev–Trinajstić information content (AvgIpc) is 3.06. The molecule has 140 valence electrons. The van der Waals surface area contributed by atoms with Gasteiger partial charge in [0.1, 0.15) is 17.6 Å². The van der Waals surface area contributed by atoms with Crippen molar-refractivity contribution in [3.8, 4) is 5.88 Å². The van der Waals surface area contributed by atoms with Crippen molar-refractivity contribution in [3.05, 3.63) is 48.2 Å². The minimum atomic E-state index is -0.307. The fourth-order valence-corrected chi connectivity index (χ4v) is 3.39. The molecule has 0 radical (unpaired) electrons. The minimum Gasteiger partial charge on any atom is -0.481 e. The molecule has 1 amide bonds. The van der Waals surface area contributed by atoms with Crippen molar-refractivity contribution in [2.45, 2.75) is 31.5 Å². The van der Waals surface area contributed by atoms with Gasteiger partial charge in [-0.2, -0.15) is 15.0 Å². The lowest BCUT2D eigenvalue weighted by Gasteiger charge is -2.38. The van der Waals surface area contributed by atoms with E-state index in [0.29, 0.717) is 18.7 Å². The lowest BCUT2D eigenvalue weighted by molar-refractivity contribution is -0.124. The van der Waals surface area contributed by atoms with Gasteiger partial charge in [0.15, 0.2) is 0 Å². The third-order valence-electron chi connectivity index (χ3n) is 4.88. The SMILES string of the molecule is COc1ccc([C@@H](NC(=O)Cn2nc3ccccc3n2)C2CC(O)C2)cn1. The number of aliphatic hydroxyl groups excluding tert-OH is 1. The summed E-state index contributed by atoms with van der Waals surface area (Å²) in [6, 6.07) is 10.9. The van der Waals surface area contributed by atoms with Crippen LogP contribution in [0.4, 0.5) is 0 Å². The molecule has 1 fully saturated rings. The number of amides is 1. The zero-order valence-electron chi connectivity index (χ0n) is 14.9. The molecule has 8 heteroatoms. The van der Waals surface area contributed by atoms with Gasteiger partial charge >= 0.3 is 0 Å². The Balaban J connectivity index is 1.48. The number of benzene rings is 1. The first-order valence-electron chi connectivity index (χ1n) is 8.89. The number of nitrogens with one attached hydrogen (secondary N) is 1. The molecule has 1 aliphatic carbocycles. The molecule has 1 aromatic carbocycles. The number of ether oxygens (including phenoxy) is 1. The molecular formula is C19H21N5O3. The van der Waals surface area contributed by atoms with Crippen LogP contribution in [0.15, 0.2) is 42.6 Å². The van der Waals surface area contributed by atoms with Gasteiger partial charge in [-0.1, -0.05) is 18.2 Å². The zero-order chi connectivity index (χ0) is 18.8. The second-order valence-electron chi connectivity index (χ2n) is 6.78. The molecule has 2 heterocycles. The van der Waals surface area contributed by atoms with Crippen molar-refractivity contribution in [1.82, 2.24) is 25.3 Å². The molecule has 1 atom stereocenters. The highest BCUT2D eigenvalue weighted by Gasteiger charge is 2.36. The van der Waals surface area contributed by atoms with Crippen LogP contribution in [0.3, 0.4) is 0 Å². The summed E-state index contributed by atoms with van der Waals surface area (Å²) >= 11 is 0. The Hall–Kier alpha value is -3.00. The number of pyridine rings is 1. The average molecular weight is 367 g/mol. The summed E-state index contributed by atoms with van der Waals surface area (Å²) in [6.07, 6.45) is 2.70. The fraction of sp³-hybridized carbons (Fsp3) is 0.368. The predicted octanol–water partition coefficient (Wildman–Crippen LogP) is 1.46. The Morgan fingerprint density at radius 3 is 2.52 bits per heavy atom. The highest BCUT2D eigenvalue weighted by atomic mass is 16.5. The summed E-state index contributed by atoms with van der Waals surface area (Å²) in [7, 11) is 1.56. The first kappa shape index (κ1) is 17.4. The molecule has 0 spiro atoms. The van der Waals surface area contributed by atoms with Crippen LogP contribution in [0.1, 0.15) is 24.4 Å². The molecule has 4 rings (SSSR count). The summed E-state index contributed by atoms with van der Waals surface area (Å²) in [4.78, 5) is 18.2. The van der Waals surface area contributed by atoms with E-state index in [9.17, 15) is 9.90 Å². The van der Waals surface area contributed by atoms with Gasteiger partial charge in [0.2, 0.25) is 11.8 Å². The maximum atomic E-state index is 12.6. The van der Waals surface area contributed by atoms with E-state index in [1.54, 1.807) is 19.4 Å². The molecule has 3 aromatic rings. The molecule has 2 aromatic heterocycles. The van der Waals surface area contributed by atoms with Crippen LogP contribution in [0, 0.1) is 5.92 Å². The number of hydrogen-bond donors (Lipinski definition) is 2. The number of aliphatic hydroxyl groups is 1. The van der Waals surface area contributed by atoms with Gasteiger partial charge in [-0.25, -0.2) is 4.98 Å². The lowest BCUT2D eigenvalue weighted by Crippen LogP contribution is -2.42. The van der Waals surface area contributed by atoms with Crippen LogP contribution in [-0.4, -0.2) is 44.2 Å². The van der Waals surface area contributed by atoms with Crippen LogP contribution in [0.2, 0.25) is 0 Å². The number of rotatable bonds is 6. The van der Waals surface area contributed by atoms with Gasteiger partial charge < -0.3 is 15.2 Å². The molecule has 0 unspecified atom stereocenters. The highest BCUT2D eigenvalue weighted by Crippen LogP contribution is 2.38. The first-order chi connectivity index (χ1) is 13.1. The van der Waals surface area contributed by atoms with Crippen molar-refractivity contribution in [1.29, 1.82) is 0 Å². The Morgan fingerprint density at radius 2 is 1.96 bits per heavy atom. The van der Waals surface area contributed by atoms with E-state index in [-0.39, 0.29) is 30.5 Å². The van der Waals surface area contributed by atoms with E-state index >= 15 is 0 Å². The van der Waals surface area contributed by atoms with E-state index < -0.39 is 0 Å². The summed E-state index contributed by atoms with van der Waals surface area (Å²) in [6.45, 7) is 0.0318. The topological polar surface area (TPSA) is 102 Å². The molecule has 2 N–H and O–H groups in total. The van der Waals surface area contributed by atoms with E-state index in [2.05, 4.69) is 20.5 Å². The van der Waals surface area contributed by atoms with Crippen molar-refractivity contribution in [3.63, 3.8) is 0 Å². The number of nitrogens with zero attached hydrogens (tertiary/aromatic N) is 4. The van der Waals surface area contributed by atoms with Crippen LogP contribution < -0.4 is 10.1 Å². The molecule has 27 heavy (non-hydrogen) atoms. The molecule has 8 nitrogen and oxygen atoms in total. The van der Waals surface area contributed by atoms with E-state index in [1.807, 2.05) is 30.3 Å². The van der Waals surface area contributed by atoms with Crippen molar-refractivity contribution >= 4 is 16.9 Å². The summed E-state index contributed by atoms with van der Waals surface area (Å²) in [5, 5.41) is 21.4. The monoisotopic (exact) mass is 367 g/mol. The maximum Gasteiger partial charge on any atom is 0.244 e. The van der Waals surface area contributed by atoms with Gasteiger partial charge in [0.05, 0.1) is 19.3 Å². The zero-order valence-corrected chi connectivity index (χ0v) is 14.9. The van der Waals surface area contributed by atoms with Gasteiger partial charge in [-0.05, 0) is 36.5 Å². The van der Waals surface area contributed by atoms with Crippen molar-refractivity contribution in [2.75, 3.05) is 7.11 Å². The van der Waals surface area contributed by atoms with Crippen molar-refractivity contribution < 1.29 is 14.6 Å². The van der Waals surface area contributed by atoms with E-state index in [0.717, 1.165) is 16.6 Å². The number of carbonyl (C=O) groups is 1. The molecule has 1 saturated carbocycles. The second kappa shape index (κ2) is 7.32. The Morgan fingerprint density at radius 1 is 1.26 bits per heavy atom. The predicted molar refractivity (Wildman–Crippen MR) is 97.9 cm³/mol. The number of aromatic nitrogens is 4. The maximum absolute atomic E-state index is 12.6. The van der Waals surface area contributed by atoms with Crippen LogP contribution in [-0.2, 0) is 11.3 Å². The third-order valence-corrected chi connectivity index (χ3v) is 4.88. The molecule has 0 saturated heterocycles. The van der Waals surface area contributed by atoms with Gasteiger partial charge in [0.25, 0.3) is 0 Å². The Labute approximate surface area is 156 Å². The van der Waals surface area contributed by atoms with E-state index in [4.69, 9.17) is 4.74 Å². The smallest absolute Gasteiger partial charge is 0.244 e. The summed E-state index contributed by atoms with van der Waals surface area (Å²) in [5.41, 5.74) is 2.39. The van der Waals surface area contributed by atoms with Gasteiger partial charge in [-0.3, -0.25) is 4.79 Å². The largest absolute Gasteiger partial charge is 0.481 e. The van der Waals surface area contributed by atoms with Crippen molar-refractivity contribution in [2.24, 2.45) is 5.92 Å². The van der Waals surface area contributed by atoms with Gasteiger partial charge in [-0.15, -0.1) is 0 Å². The third kappa shape index (κ3) is 3.75. The summed E-state index contributed by atoms with van der Waals surface area (Å²) in [5.74, 6) is 0.506. The molecule has 0 aliphatic heterocycles. The highest BCUT2D eigenvalue weighted by molar-refractivity contribution is 5.77. The number of carbonyl (C=O) groups excluding carboxylic acids is 1. The number of methoxy groups -OCH3 is 1. The normalized spacial score (nSPS) is 20.1. The number of fused-ring (bicyclic) bond motifs is 1. The summed E-state index contributed by atoms with van der Waals surface area (Å²) < 4.78 is 5.10. The standard InChI is InChI=1S/C19H21N5O3/c1-27-18-7-6-12(10-20-18)19(13-8-14(25)9-13)21-17(26)11-24-22-15-4-2-3-5-16(15)23-24/h2-7,10,13-14,19,25H,8-9,11H2,1H3,(H,21,26)/t13?,14?,19-/m1/s1. The Bertz CT molecular complexity index is 901. The van der Waals surface area contributed by atoms with Crippen LogP contribution in [0.5, 0.6) is 5.88 Å². The van der Waals surface area contributed by atoms with E-state index in [1.165, 1.54) is 4.80 Å². The van der Waals surface area contributed by atoms with Gasteiger partial charge in [0, 0.05) is 12.3 Å². The first-order valence-corrected chi connectivity index (χ1v) is 8.89. The fourth-order valence-electron chi connectivity index (χ4n) is 3.39. The van der Waals surface area contributed by atoms with Crippen LogP contribution in [0.25, 0.3) is 11.0 Å². The molecule has 1 aliphatic rings. The lowest BCUT2D eigenvalue weighted by atomic mass is 9.75. The second-order valence-corrected chi connectivity index (χ2v) is 6.78. The van der Waals surface area contributed by atoms with Crippen LogP contribution >= 0.6 is 0 Å². The molecular weight excluding hydrogens is 346 g/mol. The minimum absolute atomic E-state index is 0.0318.